The lowest BCUT2D eigenvalue weighted by Crippen LogP contribution is -2.40. The van der Waals surface area contributed by atoms with Crippen molar-refractivity contribution in [2.75, 3.05) is 46.1 Å². The van der Waals surface area contributed by atoms with Crippen LogP contribution in [0.5, 0.6) is 0 Å². The van der Waals surface area contributed by atoms with Crippen LogP contribution in [0.25, 0.3) is 0 Å². The minimum atomic E-state index is 0.292. The van der Waals surface area contributed by atoms with Crippen LogP contribution in [-0.2, 0) is 20.8 Å². The van der Waals surface area contributed by atoms with Crippen LogP contribution in [0, 0.1) is 11.3 Å². The van der Waals surface area contributed by atoms with Crippen molar-refractivity contribution in [1.29, 1.82) is 0 Å². The lowest BCUT2D eigenvalue weighted by Gasteiger charge is -2.38. The monoisotopic (exact) mass is 349 g/mol. The molecule has 0 bridgehead atoms. The summed E-state index contributed by atoms with van der Waals surface area (Å²) in [4.78, 5) is 2.53. The van der Waals surface area contributed by atoms with Gasteiger partial charge in [0.15, 0.2) is 0 Å². The van der Waals surface area contributed by atoms with Gasteiger partial charge in [0.2, 0.25) is 0 Å². The first kappa shape index (κ1) is 17.5. The van der Waals surface area contributed by atoms with Gasteiger partial charge in [-0.25, -0.2) is 0 Å². The summed E-state index contributed by atoms with van der Waals surface area (Å²) in [6, 6.07) is 2.06. The van der Waals surface area contributed by atoms with Gasteiger partial charge in [-0.1, -0.05) is 0 Å². The number of furan rings is 1. The molecule has 3 fully saturated rings. The SMILES string of the molecule is c1cc(CN2CCC3(CC2)COC(COCC2CCOCC2)C3)co1. The van der Waals surface area contributed by atoms with Gasteiger partial charge >= 0.3 is 0 Å². The molecule has 0 aromatic carbocycles. The van der Waals surface area contributed by atoms with Crippen LogP contribution >= 0.6 is 0 Å². The van der Waals surface area contributed by atoms with Gasteiger partial charge in [-0.3, -0.25) is 4.90 Å². The Kier molecular flexibility index (Phi) is 5.76. The van der Waals surface area contributed by atoms with E-state index >= 15 is 0 Å². The zero-order valence-corrected chi connectivity index (χ0v) is 15.2. The highest BCUT2D eigenvalue weighted by Crippen LogP contribution is 2.42. The number of nitrogens with zero attached hydrogens (tertiary/aromatic N) is 1. The summed E-state index contributed by atoms with van der Waals surface area (Å²) in [5.41, 5.74) is 1.66. The van der Waals surface area contributed by atoms with Crippen molar-refractivity contribution in [2.45, 2.75) is 44.8 Å². The maximum Gasteiger partial charge on any atom is 0.0947 e. The second kappa shape index (κ2) is 8.21. The van der Waals surface area contributed by atoms with Crippen LogP contribution in [0.1, 0.15) is 37.7 Å². The predicted molar refractivity (Wildman–Crippen MR) is 94.4 cm³/mol. The second-order valence-electron chi connectivity index (χ2n) is 8.14. The molecule has 0 saturated carbocycles. The molecule has 25 heavy (non-hydrogen) atoms. The number of likely N-dealkylation sites (tertiary alicyclic amines) is 1. The molecule has 140 valence electrons. The quantitative estimate of drug-likeness (QED) is 0.790. The van der Waals surface area contributed by atoms with E-state index in [0.29, 0.717) is 17.4 Å². The van der Waals surface area contributed by atoms with E-state index in [1.165, 1.54) is 24.8 Å². The van der Waals surface area contributed by atoms with E-state index in [4.69, 9.17) is 18.6 Å². The van der Waals surface area contributed by atoms with E-state index in [0.717, 1.165) is 65.5 Å². The number of hydrogen-bond donors (Lipinski definition) is 0. The zero-order valence-electron chi connectivity index (χ0n) is 15.2. The lowest BCUT2D eigenvalue weighted by atomic mass is 9.76. The predicted octanol–water partition coefficient (Wildman–Crippen LogP) is 3.09. The third kappa shape index (κ3) is 4.64. The molecule has 1 atom stereocenters. The smallest absolute Gasteiger partial charge is 0.0947 e. The highest BCUT2D eigenvalue weighted by Gasteiger charge is 2.42. The van der Waals surface area contributed by atoms with Crippen LogP contribution in [0.3, 0.4) is 0 Å². The maximum atomic E-state index is 6.09. The summed E-state index contributed by atoms with van der Waals surface area (Å²) >= 11 is 0. The van der Waals surface area contributed by atoms with Gasteiger partial charge in [-0.2, -0.15) is 0 Å². The van der Waals surface area contributed by atoms with E-state index < -0.39 is 0 Å². The normalized spacial score (nSPS) is 27.9. The van der Waals surface area contributed by atoms with Gasteiger partial charge in [-0.15, -0.1) is 0 Å². The van der Waals surface area contributed by atoms with Gasteiger partial charge in [0.25, 0.3) is 0 Å². The Bertz CT molecular complexity index is 504. The molecule has 3 aliphatic heterocycles. The first-order chi connectivity index (χ1) is 12.3. The minimum absolute atomic E-state index is 0.292. The Hall–Kier alpha value is -0.880. The molecule has 5 heteroatoms. The van der Waals surface area contributed by atoms with Crippen molar-refractivity contribution >= 4 is 0 Å². The standard InChI is InChI=1S/C20H31NO4/c1-8-22-9-2-17(1)13-24-15-19-11-20(16-25-19)4-6-21(7-5-20)12-18-3-10-23-14-18/h3,10,14,17,19H,1-2,4-9,11-13,15-16H2. The first-order valence-corrected chi connectivity index (χ1v) is 9.82. The Morgan fingerprint density at radius 2 is 2.00 bits per heavy atom. The van der Waals surface area contributed by atoms with Gasteiger partial charge in [0.05, 0.1) is 31.8 Å². The highest BCUT2D eigenvalue weighted by atomic mass is 16.5. The Balaban J connectivity index is 1.16. The molecule has 3 saturated heterocycles. The molecular weight excluding hydrogens is 318 g/mol. The summed E-state index contributed by atoms with van der Waals surface area (Å²) < 4.78 is 22.7. The zero-order chi connectivity index (χ0) is 17.0. The van der Waals surface area contributed by atoms with E-state index in [-0.39, 0.29) is 0 Å². The third-order valence-electron chi connectivity index (χ3n) is 6.19. The van der Waals surface area contributed by atoms with Crippen molar-refractivity contribution in [3.05, 3.63) is 24.2 Å². The second-order valence-corrected chi connectivity index (χ2v) is 8.14. The van der Waals surface area contributed by atoms with Crippen molar-refractivity contribution in [1.82, 2.24) is 4.90 Å². The number of hydrogen-bond acceptors (Lipinski definition) is 5. The molecule has 0 radical (unpaired) electrons. The van der Waals surface area contributed by atoms with Crippen LogP contribution in [0.2, 0.25) is 0 Å². The van der Waals surface area contributed by atoms with Crippen molar-refractivity contribution < 1.29 is 18.6 Å². The lowest BCUT2D eigenvalue weighted by molar-refractivity contribution is -0.0183. The number of ether oxygens (including phenoxy) is 3. The topological polar surface area (TPSA) is 44.1 Å². The van der Waals surface area contributed by atoms with Crippen molar-refractivity contribution in [2.24, 2.45) is 11.3 Å². The van der Waals surface area contributed by atoms with E-state index in [2.05, 4.69) is 11.0 Å². The van der Waals surface area contributed by atoms with Gasteiger partial charge in [0.1, 0.15) is 0 Å². The van der Waals surface area contributed by atoms with Crippen LogP contribution < -0.4 is 0 Å². The van der Waals surface area contributed by atoms with Crippen molar-refractivity contribution in [3.63, 3.8) is 0 Å². The van der Waals surface area contributed by atoms with Gasteiger partial charge in [0, 0.05) is 31.9 Å². The molecule has 1 aromatic heterocycles. The molecule has 5 nitrogen and oxygen atoms in total. The molecule has 1 aromatic rings. The molecule has 4 rings (SSSR count). The molecule has 0 N–H and O–H groups in total. The van der Waals surface area contributed by atoms with Crippen molar-refractivity contribution in [3.8, 4) is 0 Å². The van der Waals surface area contributed by atoms with Crippen LogP contribution in [0.15, 0.2) is 23.0 Å². The number of rotatable bonds is 6. The summed E-state index contributed by atoms with van der Waals surface area (Å²) in [5, 5.41) is 0. The largest absolute Gasteiger partial charge is 0.472 e. The van der Waals surface area contributed by atoms with Gasteiger partial charge in [-0.05, 0) is 62.6 Å². The van der Waals surface area contributed by atoms with E-state index in [9.17, 15) is 0 Å². The Morgan fingerprint density at radius 1 is 1.16 bits per heavy atom. The Labute approximate surface area is 150 Å². The third-order valence-corrected chi connectivity index (χ3v) is 6.19. The summed E-state index contributed by atoms with van der Waals surface area (Å²) in [5.74, 6) is 0.676. The first-order valence-electron chi connectivity index (χ1n) is 9.82. The molecule has 1 unspecified atom stereocenters. The molecule has 0 aliphatic carbocycles. The van der Waals surface area contributed by atoms with Gasteiger partial charge < -0.3 is 18.6 Å². The molecule has 1 spiro atoms. The molecule has 3 aliphatic rings. The fraction of sp³-hybridized carbons (Fsp3) is 0.800. The summed E-state index contributed by atoms with van der Waals surface area (Å²) in [6.45, 7) is 7.66. The Morgan fingerprint density at radius 3 is 2.76 bits per heavy atom. The summed E-state index contributed by atoms with van der Waals surface area (Å²) in [7, 11) is 0. The molecule has 4 heterocycles. The van der Waals surface area contributed by atoms with Crippen LogP contribution in [-0.4, -0.2) is 57.1 Å². The molecular formula is C20H31NO4. The summed E-state index contributed by atoms with van der Waals surface area (Å²) in [6.07, 6.45) is 9.83. The number of piperidine rings is 1. The maximum absolute atomic E-state index is 6.09. The average Bonchev–Trinajstić information content (AvgIpc) is 3.29. The van der Waals surface area contributed by atoms with E-state index in [1.54, 1.807) is 6.26 Å². The molecule has 0 amide bonds. The fourth-order valence-electron chi connectivity index (χ4n) is 4.46. The fourth-order valence-corrected chi connectivity index (χ4v) is 4.46. The van der Waals surface area contributed by atoms with Crippen LogP contribution in [0.4, 0.5) is 0 Å². The minimum Gasteiger partial charge on any atom is -0.472 e. The average molecular weight is 349 g/mol. The van der Waals surface area contributed by atoms with E-state index in [1.807, 2.05) is 6.26 Å². The highest BCUT2D eigenvalue weighted by molar-refractivity contribution is 5.05.